The predicted molar refractivity (Wildman–Crippen MR) is 88.2 cm³/mol. The van der Waals surface area contributed by atoms with Crippen LogP contribution in [0.3, 0.4) is 0 Å². The predicted octanol–water partition coefficient (Wildman–Crippen LogP) is 1.28. The number of rotatable bonds is 5. The first-order valence-electron chi connectivity index (χ1n) is 7.72. The number of likely N-dealkylation sites (N-methyl/N-ethyl adjacent to an activating group) is 1. The van der Waals surface area contributed by atoms with Crippen LogP contribution in [-0.4, -0.2) is 59.9 Å². The summed E-state index contributed by atoms with van der Waals surface area (Å²) in [6.07, 6.45) is 2.69. The number of nitrogens with one attached hydrogen (secondary N) is 1. The van der Waals surface area contributed by atoms with Gasteiger partial charge >= 0.3 is 0 Å². The maximum Gasteiger partial charge on any atom is 0.244 e. The SMILES string of the molecule is CN1CCN(c2cnnc(NCCc3ccccc3)n2)CC1. The Hall–Kier alpha value is -2.21. The quantitative estimate of drug-likeness (QED) is 0.897. The first-order valence-corrected chi connectivity index (χ1v) is 7.72. The highest BCUT2D eigenvalue weighted by Gasteiger charge is 2.16. The van der Waals surface area contributed by atoms with E-state index < -0.39 is 0 Å². The molecule has 1 aromatic carbocycles. The summed E-state index contributed by atoms with van der Waals surface area (Å²) in [6.45, 7) is 4.89. The van der Waals surface area contributed by atoms with E-state index in [1.54, 1.807) is 6.20 Å². The van der Waals surface area contributed by atoms with Gasteiger partial charge in [-0.2, -0.15) is 10.1 Å². The molecule has 1 aliphatic heterocycles. The van der Waals surface area contributed by atoms with Crippen LogP contribution in [0.5, 0.6) is 0 Å². The van der Waals surface area contributed by atoms with E-state index in [9.17, 15) is 0 Å². The molecule has 0 unspecified atom stereocenters. The highest BCUT2D eigenvalue weighted by atomic mass is 15.3. The van der Waals surface area contributed by atoms with E-state index in [0.29, 0.717) is 5.95 Å². The molecule has 0 aliphatic carbocycles. The molecule has 0 bridgehead atoms. The van der Waals surface area contributed by atoms with Gasteiger partial charge in [-0.1, -0.05) is 30.3 Å². The zero-order valence-corrected chi connectivity index (χ0v) is 12.9. The number of anilines is 2. The van der Waals surface area contributed by atoms with Crippen LogP contribution in [0.2, 0.25) is 0 Å². The Morgan fingerprint density at radius 2 is 1.86 bits per heavy atom. The van der Waals surface area contributed by atoms with E-state index in [1.807, 2.05) is 6.07 Å². The Bertz CT molecular complexity index is 580. The summed E-state index contributed by atoms with van der Waals surface area (Å²) in [6, 6.07) is 10.4. The summed E-state index contributed by atoms with van der Waals surface area (Å²) in [5.74, 6) is 1.51. The van der Waals surface area contributed by atoms with Crippen LogP contribution in [0.4, 0.5) is 11.8 Å². The lowest BCUT2D eigenvalue weighted by Gasteiger charge is -2.32. The molecule has 3 rings (SSSR count). The average Bonchev–Trinajstić information content (AvgIpc) is 2.57. The molecule has 0 radical (unpaired) electrons. The minimum absolute atomic E-state index is 0.604. The third kappa shape index (κ3) is 3.92. The Morgan fingerprint density at radius 3 is 2.64 bits per heavy atom. The van der Waals surface area contributed by atoms with Crippen LogP contribution < -0.4 is 10.2 Å². The van der Waals surface area contributed by atoms with Crippen molar-refractivity contribution >= 4 is 11.8 Å². The van der Waals surface area contributed by atoms with E-state index >= 15 is 0 Å². The number of hydrogen-bond donors (Lipinski definition) is 1. The summed E-state index contributed by atoms with van der Waals surface area (Å²) in [7, 11) is 2.14. The van der Waals surface area contributed by atoms with Gasteiger partial charge in [-0.25, -0.2) is 0 Å². The fourth-order valence-electron chi connectivity index (χ4n) is 2.52. The van der Waals surface area contributed by atoms with Gasteiger partial charge in [-0.15, -0.1) is 5.10 Å². The molecule has 116 valence electrons. The molecule has 1 N–H and O–H groups in total. The molecule has 6 heteroatoms. The van der Waals surface area contributed by atoms with Gasteiger partial charge in [0, 0.05) is 32.7 Å². The van der Waals surface area contributed by atoms with Crippen molar-refractivity contribution in [2.24, 2.45) is 0 Å². The van der Waals surface area contributed by atoms with Crippen LogP contribution in [0, 0.1) is 0 Å². The second-order valence-electron chi connectivity index (χ2n) is 5.59. The minimum atomic E-state index is 0.604. The van der Waals surface area contributed by atoms with Gasteiger partial charge in [0.2, 0.25) is 5.95 Å². The first-order chi connectivity index (χ1) is 10.8. The second-order valence-corrected chi connectivity index (χ2v) is 5.59. The monoisotopic (exact) mass is 298 g/mol. The smallest absolute Gasteiger partial charge is 0.244 e. The van der Waals surface area contributed by atoms with Crippen molar-refractivity contribution in [1.82, 2.24) is 20.1 Å². The lowest BCUT2D eigenvalue weighted by molar-refractivity contribution is 0.312. The van der Waals surface area contributed by atoms with Crippen molar-refractivity contribution < 1.29 is 0 Å². The zero-order chi connectivity index (χ0) is 15.2. The fraction of sp³-hybridized carbons (Fsp3) is 0.438. The van der Waals surface area contributed by atoms with Crippen molar-refractivity contribution in [3.05, 3.63) is 42.1 Å². The van der Waals surface area contributed by atoms with Gasteiger partial charge in [0.15, 0.2) is 5.82 Å². The van der Waals surface area contributed by atoms with Crippen molar-refractivity contribution in [1.29, 1.82) is 0 Å². The molecule has 0 atom stereocenters. The molecule has 1 aliphatic rings. The van der Waals surface area contributed by atoms with Crippen LogP contribution in [-0.2, 0) is 6.42 Å². The second kappa shape index (κ2) is 7.17. The molecule has 0 amide bonds. The van der Waals surface area contributed by atoms with Gasteiger partial charge in [-0.05, 0) is 19.0 Å². The van der Waals surface area contributed by atoms with Gasteiger partial charge in [-0.3, -0.25) is 0 Å². The lowest BCUT2D eigenvalue weighted by Crippen LogP contribution is -2.44. The Labute approximate surface area is 131 Å². The molecule has 2 heterocycles. The Morgan fingerprint density at radius 1 is 1.09 bits per heavy atom. The molecule has 6 nitrogen and oxygen atoms in total. The summed E-state index contributed by atoms with van der Waals surface area (Å²) < 4.78 is 0. The maximum atomic E-state index is 4.58. The molecule has 22 heavy (non-hydrogen) atoms. The summed E-state index contributed by atoms with van der Waals surface area (Å²) in [5, 5.41) is 11.4. The molecule has 2 aromatic rings. The van der Waals surface area contributed by atoms with Crippen LogP contribution in [0.25, 0.3) is 0 Å². The average molecular weight is 298 g/mol. The van der Waals surface area contributed by atoms with Gasteiger partial charge < -0.3 is 15.1 Å². The largest absolute Gasteiger partial charge is 0.353 e. The Kier molecular flexibility index (Phi) is 4.80. The third-order valence-electron chi connectivity index (χ3n) is 3.91. The highest BCUT2D eigenvalue weighted by molar-refractivity contribution is 5.40. The standard InChI is InChI=1S/C16H22N6/c1-21-9-11-22(12-10-21)15-13-18-20-16(19-15)17-8-7-14-5-3-2-4-6-14/h2-6,13H,7-12H2,1H3,(H,17,19,20). The minimum Gasteiger partial charge on any atom is -0.353 e. The van der Waals surface area contributed by atoms with E-state index in [1.165, 1.54) is 5.56 Å². The van der Waals surface area contributed by atoms with Crippen LogP contribution in [0.1, 0.15) is 5.56 Å². The normalized spacial score (nSPS) is 15.8. The number of piperazine rings is 1. The number of nitrogens with zero attached hydrogens (tertiary/aromatic N) is 5. The summed E-state index contributed by atoms with van der Waals surface area (Å²) in [5.41, 5.74) is 1.30. The van der Waals surface area contributed by atoms with Crippen molar-refractivity contribution in [2.45, 2.75) is 6.42 Å². The summed E-state index contributed by atoms with van der Waals surface area (Å²) in [4.78, 5) is 9.16. The van der Waals surface area contributed by atoms with Gasteiger partial charge in [0.25, 0.3) is 0 Å². The fourth-order valence-corrected chi connectivity index (χ4v) is 2.52. The van der Waals surface area contributed by atoms with Crippen LogP contribution in [0.15, 0.2) is 36.5 Å². The topological polar surface area (TPSA) is 57.2 Å². The van der Waals surface area contributed by atoms with E-state index in [0.717, 1.165) is 45.0 Å². The molecule has 0 spiro atoms. The van der Waals surface area contributed by atoms with Gasteiger partial charge in [0.05, 0.1) is 6.20 Å². The van der Waals surface area contributed by atoms with Crippen molar-refractivity contribution in [2.75, 3.05) is 50.0 Å². The molecule has 1 saturated heterocycles. The lowest BCUT2D eigenvalue weighted by atomic mass is 10.1. The molecule has 1 fully saturated rings. The Balaban J connectivity index is 1.55. The summed E-state index contributed by atoms with van der Waals surface area (Å²) >= 11 is 0. The molecular formula is C16H22N6. The van der Waals surface area contributed by atoms with E-state index in [-0.39, 0.29) is 0 Å². The van der Waals surface area contributed by atoms with E-state index in [4.69, 9.17) is 0 Å². The van der Waals surface area contributed by atoms with Crippen LogP contribution >= 0.6 is 0 Å². The molecule has 0 saturated carbocycles. The van der Waals surface area contributed by atoms with Crippen molar-refractivity contribution in [3.63, 3.8) is 0 Å². The number of aromatic nitrogens is 3. The van der Waals surface area contributed by atoms with Crippen molar-refractivity contribution in [3.8, 4) is 0 Å². The highest BCUT2D eigenvalue weighted by Crippen LogP contribution is 2.13. The number of benzene rings is 1. The zero-order valence-electron chi connectivity index (χ0n) is 12.9. The molecular weight excluding hydrogens is 276 g/mol. The van der Waals surface area contributed by atoms with E-state index in [2.05, 4.69) is 61.6 Å². The molecule has 1 aromatic heterocycles. The first kappa shape index (κ1) is 14.7. The third-order valence-corrected chi connectivity index (χ3v) is 3.91. The number of hydrogen-bond acceptors (Lipinski definition) is 6. The maximum absolute atomic E-state index is 4.58. The van der Waals surface area contributed by atoms with Gasteiger partial charge in [0.1, 0.15) is 0 Å².